The average molecular weight is 317 g/mol. The monoisotopic (exact) mass is 316 g/mol. The summed E-state index contributed by atoms with van der Waals surface area (Å²) >= 11 is 1.66. The van der Waals surface area contributed by atoms with Crippen LogP contribution in [0.15, 0.2) is 29.2 Å². The maximum atomic E-state index is 12.2. The number of carbonyl (C=O) groups excluding carboxylic acids is 1. The van der Waals surface area contributed by atoms with Crippen molar-refractivity contribution in [2.45, 2.75) is 37.6 Å². The lowest BCUT2D eigenvalue weighted by atomic mass is 9.90. The Labute approximate surface area is 132 Å². The summed E-state index contributed by atoms with van der Waals surface area (Å²) in [6.45, 7) is 6.71. The largest absolute Gasteiger partial charge is 0.346 e. The molecular formula is C15H25ClN2OS. The standard InChI is InChI=1S/C15H24N2OS.ClH/c1-11(2)9-15(3,10-16)17-14(18)12-5-7-13(19-4)8-6-12;/h5-8,11H,9-10,16H2,1-4H3,(H,17,18);1H. The molecule has 1 atom stereocenters. The number of halogens is 1. The molecule has 0 aliphatic rings. The second-order valence-electron chi connectivity index (χ2n) is 5.55. The first-order valence-electron chi connectivity index (χ1n) is 6.57. The molecule has 1 rings (SSSR count). The predicted octanol–water partition coefficient (Wildman–Crippen LogP) is 3.32. The van der Waals surface area contributed by atoms with Crippen LogP contribution in [0.5, 0.6) is 0 Å². The Balaban J connectivity index is 0.00000361. The van der Waals surface area contributed by atoms with Crippen LogP contribution in [0, 0.1) is 5.92 Å². The van der Waals surface area contributed by atoms with Gasteiger partial charge in [-0.15, -0.1) is 24.2 Å². The van der Waals surface area contributed by atoms with Gasteiger partial charge in [-0.05, 0) is 49.8 Å². The Bertz CT molecular complexity index is 422. The van der Waals surface area contributed by atoms with Gasteiger partial charge < -0.3 is 11.1 Å². The van der Waals surface area contributed by atoms with Crippen LogP contribution in [-0.4, -0.2) is 24.2 Å². The Morgan fingerprint density at radius 2 is 1.90 bits per heavy atom. The highest BCUT2D eigenvalue weighted by molar-refractivity contribution is 7.98. The minimum atomic E-state index is -0.344. The molecule has 1 unspecified atom stereocenters. The number of hydrogen-bond donors (Lipinski definition) is 2. The number of benzene rings is 1. The molecule has 20 heavy (non-hydrogen) atoms. The number of nitrogens with one attached hydrogen (secondary N) is 1. The van der Waals surface area contributed by atoms with Crippen molar-refractivity contribution in [2.75, 3.05) is 12.8 Å². The van der Waals surface area contributed by atoms with E-state index in [-0.39, 0.29) is 23.9 Å². The summed E-state index contributed by atoms with van der Waals surface area (Å²) in [5, 5.41) is 3.06. The van der Waals surface area contributed by atoms with Gasteiger partial charge in [0.15, 0.2) is 0 Å². The Kier molecular flexibility index (Phi) is 8.25. The molecule has 1 aromatic rings. The van der Waals surface area contributed by atoms with Crippen molar-refractivity contribution in [1.82, 2.24) is 5.32 Å². The van der Waals surface area contributed by atoms with Gasteiger partial charge in [0, 0.05) is 22.5 Å². The molecule has 0 aliphatic carbocycles. The third-order valence-corrected chi connectivity index (χ3v) is 3.82. The van der Waals surface area contributed by atoms with Crippen molar-refractivity contribution >= 4 is 30.1 Å². The number of thioether (sulfide) groups is 1. The summed E-state index contributed by atoms with van der Waals surface area (Å²) in [5.74, 6) is 0.439. The van der Waals surface area contributed by atoms with Gasteiger partial charge in [0.1, 0.15) is 0 Å². The topological polar surface area (TPSA) is 55.1 Å². The van der Waals surface area contributed by atoms with E-state index in [0.29, 0.717) is 18.0 Å². The first-order chi connectivity index (χ1) is 8.90. The summed E-state index contributed by atoms with van der Waals surface area (Å²) in [5.41, 5.74) is 6.15. The van der Waals surface area contributed by atoms with E-state index >= 15 is 0 Å². The van der Waals surface area contributed by atoms with Crippen LogP contribution >= 0.6 is 24.2 Å². The fraction of sp³-hybridized carbons (Fsp3) is 0.533. The quantitative estimate of drug-likeness (QED) is 0.792. The summed E-state index contributed by atoms with van der Waals surface area (Å²) in [6, 6.07) is 7.63. The van der Waals surface area contributed by atoms with E-state index in [1.807, 2.05) is 37.4 Å². The van der Waals surface area contributed by atoms with Crippen molar-refractivity contribution in [3.8, 4) is 0 Å². The van der Waals surface area contributed by atoms with Crippen LogP contribution in [-0.2, 0) is 0 Å². The molecule has 0 saturated carbocycles. The fourth-order valence-corrected chi connectivity index (χ4v) is 2.58. The van der Waals surface area contributed by atoms with Crippen molar-refractivity contribution < 1.29 is 4.79 Å². The highest BCUT2D eigenvalue weighted by atomic mass is 35.5. The lowest BCUT2D eigenvalue weighted by Crippen LogP contribution is -2.52. The molecular weight excluding hydrogens is 292 g/mol. The number of rotatable bonds is 6. The summed E-state index contributed by atoms with van der Waals surface area (Å²) in [6.07, 6.45) is 2.89. The molecule has 0 bridgehead atoms. The van der Waals surface area contributed by atoms with E-state index in [2.05, 4.69) is 19.2 Å². The molecule has 1 amide bonds. The molecule has 0 heterocycles. The second-order valence-corrected chi connectivity index (χ2v) is 6.43. The van der Waals surface area contributed by atoms with Crippen LogP contribution in [0.25, 0.3) is 0 Å². The SMILES string of the molecule is CSc1ccc(C(=O)NC(C)(CN)CC(C)C)cc1.Cl. The van der Waals surface area contributed by atoms with Gasteiger partial charge in [-0.3, -0.25) is 4.79 Å². The predicted molar refractivity (Wildman–Crippen MR) is 89.9 cm³/mol. The average Bonchev–Trinajstić information content (AvgIpc) is 2.37. The van der Waals surface area contributed by atoms with Gasteiger partial charge in [-0.25, -0.2) is 0 Å². The van der Waals surface area contributed by atoms with Gasteiger partial charge in [-0.1, -0.05) is 13.8 Å². The van der Waals surface area contributed by atoms with E-state index < -0.39 is 0 Å². The highest BCUT2D eigenvalue weighted by Gasteiger charge is 2.26. The molecule has 0 aliphatic heterocycles. The molecule has 0 aromatic heterocycles. The van der Waals surface area contributed by atoms with Crippen LogP contribution in [0.1, 0.15) is 37.6 Å². The van der Waals surface area contributed by atoms with Crippen LogP contribution in [0.4, 0.5) is 0 Å². The summed E-state index contributed by atoms with van der Waals surface area (Å²) in [7, 11) is 0. The van der Waals surface area contributed by atoms with Gasteiger partial charge in [0.2, 0.25) is 0 Å². The van der Waals surface area contributed by atoms with Gasteiger partial charge in [0.05, 0.1) is 0 Å². The molecule has 0 spiro atoms. The van der Waals surface area contributed by atoms with E-state index in [1.165, 1.54) is 0 Å². The summed E-state index contributed by atoms with van der Waals surface area (Å²) < 4.78 is 0. The fourth-order valence-electron chi connectivity index (χ4n) is 2.18. The zero-order chi connectivity index (χ0) is 14.5. The Morgan fingerprint density at radius 1 is 1.35 bits per heavy atom. The van der Waals surface area contributed by atoms with Gasteiger partial charge in [-0.2, -0.15) is 0 Å². The van der Waals surface area contributed by atoms with E-state index in [4.69, 9.17) is 5.73 Å². The van der Waals surface area contributed by atoms with Crippen molar-refractivity contribution in [3.63, 3.8) is 0 Å². The zero-order valence-electron chi connectivity index (χ0n) is 12.6. The van der Waals surface area contributed by atoms with Gasteiger partial charge in [0.25, 0.3) is 5.91 Å². The normalized spacial score (nSPS) is 13.5. The minimum Gasteiger partial charge on any atom is -0.346 e. The third-order valence-electron chi connectivity index (χ3n) is 3.08. The van der Waals surface area contributed by atoms with E-state index in [9.17, 15) is 4.79 Å². The number of hydrogen-bond acceptors (Lipinski definition) is 3. The van der Waals surface area contributed by atoms with Crippen molar-refractivity contribution in [3.05, 3.63) is 29.8 Å². The molecule has 5 heteroatoms. The van der Waals surface area contributed by atoms with Crippen molar-refractivity contribution in [2.24, 2.45) is 11.7 Å². The van der Waals surface area contributed by atoms with Gasteiger partial charge >= 0.3 is 0 Å². The molecule has 3 N–H and O–H groups in total. The number of carbonyl (C=O) groups is 1. The molecule has 0 radical (unpaired) electrons. The molecule has 0 saturated heterocycles. The van der Waals surface area contributed by atoms with Crippen LogP contribution < -0.4 is 11.1 Å². The number of nitrogens with two attached hydrogens (primary N) is 1. The molecule has 114 valence electrons. The molecule has 0 fully saturated rings. The van der Waals surface area contributed by atoms with Crippen molar-refractivity contribution in [1.29, 1.82) is 0 Å². The minimum absolute atomic E-state index is 0. The zero-order valence-corrected chi connectivity index (χ0v) is 14.2. The highest BCUT2D eigenvalue weighted by Crippen LogP contribution is 2.18. The van der Waals surface area contributed by atoms with Crippen LogP contribution in [0.2, 0.25) is 0 Å². The lowest BCUT2D eigenvalue weighted by Gasteiger charge is -2.31. The first-order valence-corrected chi connectivity index (χ1v) is 7.79. The maximum Gasteiger partial charge on any atom is 0.251 e. The first kappa shape index (κ1) is 19.3. The van der Waals surface area contributed by atoms with E-state index in [1.54, 1.807) is 11.8 Å². The Morgan fingerprint density at radius 3 is 2.30 bits per heavy atom. The lowest BCUT2D eigenvalue weighted by molar-refractivity contribution is 0.0898. The van der Waals surface area contributed by atoms with Crippen LogP contribution in [0.3, 0.4) is 0 Å². The molecule has 3 nitrogen and oxygen atoms in total. The maximum absolute atomic E-state index is 12.2. The Hall–Kier alpha value is -0.710. The second kappa shape index (κ2) is 8.55. The number of amides is 1. The smallest absolute Gasteiger partial charge is 0.251 e. The molecule has 1 aromatic carbocycles. The third kappa shape index (κ3) is 5.73. The summed E-state index contributed by atoms with van der Waals surface area (Å²) in [4.78, 5) is 13.4. The van der Waals surface area contributed by atoms with E-state index in [0.717, 1.165) is 11.3 Å².